The Balaban J connectivity index is 1.79. The zero-order valence-electron chi connectivity index (χ0n) is 21.7. The molecule has 0 aliphatic rings. The summed E-state index contributed by atoms with van der Waals surface area (Å²) < 4.78 is 56.5. The molecule has 0 heterocycles. The molecule has 0 aliphatic carbocycles. The molecule has 0 aromatic heterocycles. The summed E-state index contributed by atoms with van der Waals surface area (Å²) in [5.41, 5.74) is 4.50. The maximum absolute atomic E-state index is 13.0. The van der Waals surface area contributed by atoms with Crippen LogP contribution in [0.15, 0.2) is 65.6 Å². The summed E-state index contributed by atoms with van der Waals surface area (Å²) in [6.07, 6.45) is 0. The molecular weight excluding hydrogens is 512 g/mol. The lowest BCUT2D eigenvalue weighted by Crippen LogP contribution is -2.44. The van der Waals surface area contributed by atoms with E-state index in [1.165, 1.54) is 38.4 Å². The minimum absolute atomic E-state index is 0.0265. The fourth-order valence-corrected chi connectivity index (χ4v) is 5.82. The van der Waals surface area contributed by atoms with Crippen LogP contribution in [0.5, 0.6) is 0 Å². The summed E-state index contributed by atoms with van der Waals surface area (Å²) in [4.78, 5) is 12.9. The van der Waals surface area contributed by atoms with Crippen molar-refractivity contribution in [2.75, 3.05) is 35.0 Å². The van der Waals surface area contributed by atoms with Crippen molar-refractivity contribution >= 4 is 43.2 Å². The number of anilines is 3. The first-order valence-corrected chi connectivity index (χ1v) is 14.4. The van der Waals surface area contributed by atoms with Gasteiger partial charge in [-0.25, -0.2) is 12.7 Å². The van der Waals surface area contributed by atoms with E-state index < -0.39 is 32.7 Å². The van der Waals surface area contributed by atoms with Gasteiger partial charge in [-0.3, -0.25) is 9.52 Å². The molecule has 0 aliphatic heterocycles. The van der Waals surface area contributed by atoms with Crippen molar-refractivity contribution in [2.24, 2.45) is 0 Å². The number of sulfonamides is 1. The molecule has 0 fully saturated rings. The highest BCUT2D eigenvalue weighted by molar-refractivity contribution is 7.92. The third-order valence-electron chi connectivity index (χ3n) is 5.75. The molecule has 2 N–H and O–H groups in total. The van der Waals surface area contributed by atoms with Gasteiger partial charge in [-0.1, -0.05) is 24.3 Å². The van der Waals surface area contributed by atoms with Crippen LogP contribution in [-0.2, 0) is 25.0 Å². The van der Waals surface area contributed by atoms with Crippen molar-refractivity contribution in [3.8, 4) is 0 Å². The molecule has 11 heteroatoms. The minimum atomic E-state index is -3.96. The van der Waals surface area contributed by atoms with Crippen LogP contribution in [-0.4, -0.2) is 47.7 Å². The number of rotatable bonds is 9. The predicted octanol–water partition coefficient (Wildman–Crippen LogP) is 3.97. The molecule has 1 amide bonds. The molecule has 0 spiro atoms. The highest BCUT2D eigenvalue weighted by Gasteiger charge is 2.28. The van der Waals surface area contributed by atoms with E-state index in [1.807, 2.05) is 39.0 Å². The Hall–Kier alpha value is -3.41. The molecule has 0 bridgehead atoms. The number of aryl methyl sites for hydroxylation is 4. The molecule has 3 aromatic rings. The van der Waals surface area contributed by atoms with Gasteiger partial charge in [0.25, 0.3) is 10.0 Å². The van der Waals surface area contributed by atoms with Gasteiger partial charge in [-0.05, 0) is 86.3 Å². The Labute approximate surface area is 219 Å². The summed E-state index contributed by atoms with van der Waals surface area (Å²) in [6, 6.07) is 16.5. The lowest BCUT2D eigenvalue weighted by molar-refractivity contribution is -0.114. The maximum atomic E-state index is 13.0. The Morgan fingerprint density at radius 3 is 1.95 bits per heavy atom. The molecular formula is C26H32N4O5S2. The van der Waals surface area contributed by atoms with Gasteiger partial charge in [0.2, 0.25) is 5.91 Å². The van der Waals surface area contributed by atoms with Gasteiger partial charge in [0.1, 0.15) is 6.54 Å². The Morgan fingerprint density at radius 2 is 1.35 bits per heavy atom. The van der Waals surface area contributed by atoms with Crippen LogP contribution in [0.2, 0.25) is 0 Å². The first-order chi connectivity index (χ1) is 17.2. The van der Waals surface area contributed by atoms with E-state index in [-0.39, 0.29) is 4.90 Å². The van der Waals surface area contributed by atoms with Crippen LogP contribution in [0.1, 0.15) is 22.3 Å². The van der Waals surface area contributed by atoms with Gasteiger partial charge in [0, 0.05) is 19.8 Å². The smallest absolute Gasteiger partial charge is 0.304 e. The van der Waals surface area contributed by atoms with Gasteiger partial charge in [0.15, 0.2) is 0 Å². The van der Waals surface area contributed by atoms with Crippen LogP contribution in [0.25, 0.3) is 0 Å². The number of benzene rings is 3. The minimum Gasteiger partial charge on any atom is -0.325 e. The average molecular weight is 545 g/mol. The van der Waals surface area contributed by atoms with Crippen LogP contribution in [0.4, 0.5) is 17.1 Å². The van der Waals surface area contributed by atoms with Crippen molar-refractivity contribution in [2.45, 2.75) is 32.6 Å². The number of hydrogen-bond acceptors (Lipinski definition) is 5. The number of nitrogens with zero attached hydrogens (tertiary/aromatic N) is 2. The topological polar surface area (TPSA) is 116 Å². The lowest BCUT2D eigenvalue weighted by Gasteiger charge is -2.28. The van der Waals surface area contributed by atoms with Crippen molar-refractivity contribution in [1.29, 1.82) is 0 Å². The van der Waals surface area contributed by atoms with Crippen molar-refractivity contribution in [3.63, 3.8) is 0 Å². The molecule has 0 saturated heterocycles. The Kier molecular flexibility index (Phi) is 8.31. The molecule has 0 unspecified atom stereocenters. The number of amides is 1. The Bertz CT molecular complexity index is 1520. The predicted molar refractivity (Wildman–Crippen MR) is 148 cm³/mol. The van der Waals surface area contributed by atoms with E-state index in [2.05, 4.69) is 10.0 Å². The molecule has 3 aromatic carbocycles. The molecule has 0 atom stereocenters. The molecule has 3 rings (SSSR count). The second-order valence-electron chi connectivity index (χ2n) is 9.08. The number of carbonyl (C=O) groups is 1. The van der Waals surface area contributed by atoms with E-state index >= 15 is 0 Å². The molecule has 0 saturated carbocycles. The molecule has 198 valence electrons. The summed E-state index contributed by atoms with van der Waals surface area (Å²) >= 11 is 0. The van der Waals surface area contributed by atoms with Crippen molar-refractivity contribution in [3.05, 3.63) is 82.9 Å². The highest BCUT2D eigenvalue weighted by Crippen LogP contribution is 2.26. The lowest BCUT2D eigenvalue weighted by atomic mass is 10.1. The number of carbonyl (C=O) groups excluding carboxylic acids is 1. The van der Waals surface area contributed by atoms with Crippen LogP contribution in [0.3, 0.4) is 0 Å². The second kappa shape index (κ2) is 10.9. The first kappa shape index (κ1) is 28.2. The quantitative estimate of drug-likeness (QED) is 0.423. The van der Waals surface area contributed by atoms with E-state index in [9.17, 15) is 21.6 Å². The zero-order chi connectivity index (χ0) is 27.5. The van der Waals surface area contributed by atoms with Gasteiger partial charge >= 0.3 is 10.2 Å². The van der Waals surface area contributed by atoms with Crippen LogP contribution in [0, 0.1) is 27.7 Å². The maximum Gasteiger partial charge on any atom is 0.304 e. The third-order valence-corrected chi connectivity index (χ3v) is 8.93. The number of nitrogens with one attached hydrogen (secondary N) is 2. The summed E-state index contributed by atoms with van der Waals surface area (Å²) in [5.74, 6) is -0.574. The summed E-state index contributed by atoms with van der Waals surface area (Å²) in [5, 5.41) is 2.65. The normalized spacial score (nSPS) is 11.9. The largest absolute Gasteiger partial charge is 0.325 e. The first-order valence-electron chi connectivity index (χ1n) is 11.5. The van der Waals surface area contributed by atoms with Crippen LogP contribution >= 0.6 is 0 Å². The monoisotopic (exact) mass is 544 g/mol. The van der Waals surface area contributed by atoms with Gasteiger partial charge in [-0.2, -0.15) is 12.7 Å². The van der Waals surface area contributed by atoms with E-state index in [0.717, 1.165) is 25.3 Å². The summed E-state index contributed by atoms with van der Waals surface area (Å²) in [7, 11) is -5.01. The highest BCUT2D eigenvalue weighted by atomic mass is 32.2. The third kappa shape index (κ3) is 6.68. The molecule has 0 radical (unpaired) electrons. The van der Waals surface area contributed by atoms with Crippen molar-refractivity contribution in [1.82, 2.24) is 4.31 Å². The van der Waals surface area contributed by atoms with E-state index in [0.29, 0.717) is 22.6 Å². The van der Waals surface area contributed by atoms with Crippen molar-refractivity contribution < 1.29 is 21.6 Å². The standard InChI is InChI=1S/C26H32N4O5S2/c1-18-7-9-20(3)24(15-18)28-36(32,33)23-13-11-22(12-14-23)27-26(31)17-30(37(34,35)29(5)6)25-16-19(2)8-10-21(25)4/h7-16,28H,17H2,1-6H3,(H,27,31). The van der Waals surface area contributed by atoms with Gasteiger partial charge in [0.05, 0.1) is 16.3 Å². The van der Waals surface area contributed by atoms with E-state index in [4.69, 9.17) is 0 Å². The fraction of sp³-hybridized carbons (Fsp3) is 0.269. The molecule has 37 heavy (non-hydrogen) atoms. The fourth-order valence-electron chi connectivity index (χ4n) is 3.57. The summed E-state index contributed by atoms with van der Waals surface area (Å²) in [6.45, 7) is 6.84. The van der Waals surface area contributed by atoms with Crippen LogP contribution < -0.4 is 14.3 Å². The molecule has 9 nitrogen and oxygen atoms in total. The SMILES string of the molecule is Cc1ccc(C)c(NS(=O)(=O)c2ccc(NC(=O)CN(c3cc(C)ccc3C)S(=O)(=O)N(C)C)cc2)c1. The van der Waals surface area contributed by atoms with Gasteiger partial charge < -0.3 is 5.32 Å². The van der Waals surface area contributed by atoms with Gasteiger partial charge in [-0.15, -0.1) is 0 Å². The number of hydrogen-bond donors (Lipinski definition) is 2. The zero-order valence-corrected chi connectivity index (χ0v) is 23.4. The average Bonchev–Trinajstić information content (AvgIpc) is 2.81. The Morgan fingerprint density at radius 1 is 0.784 bits per heavy atom. The second-order valence-corrected chi connectivity index (χ2v) is 12.8. The van der Waals surface area contributed by atoms with E-state index in [1.54, 1.807) is 25.1 Å².